The Morgan fingerprint density at radius 3 is 2.61 bits per heavy atom. The number of hydrogen-bond donors (Lipinski definition) is 0. The molecule has 3 heteroatoms. The Labute approximate surface area is 132 Å². The van der Waals surface area contributed by atoms with E-state index in [2.05, 4.69) is 63.6 Å². The first kappa shape index (κ1) is 14.8. The minimum absolute atomic E-state index is 0.113. The maximum Gasteiger partial charge on any atom is 0.0776 e. The summed E-state index contributed by atoms with van der Waals surface area (Å²) in [6, 6.07) is 8.34. The molecule has 1 fully saturated rings. The van der Waals surface area contributed by atoms with Gasteiger partial charge in [-0.05, 0) is 43.2 Å². The van der Waals surface area contributed by atoms with Crippen molar-refractivity contribution in [3.05, 3.63) is 34.3 Å². The summed E-state index contributed by atoms with van der Waals surface area (Å²) in [6.45, 7) is 3.07. The average Bonchev–Trinajstić information content (AvgIpc) is 2.40. The third-order valence-corrected chi connectivity index (χ3v) is 6.08. The third kappa shape index (κ3) is 3.70. The Kier molecular flexibility index (Phi) is 5.51. The van der Waals surface area contributed by atoms with E-state index in [4.69, 9.17) is 4.74 Å². The van der Waals surface area contributed by atoms with Crippen molar-refractivity contribution in [3.8, 4) is 0 Å². The molecule has 18 heavy (non-hydrogen) atoms. The van der Waals surface area contributed by atoms with Crippen LogP contribution in [-0.4, -0.2) is 10.0 Å². The van der Waals surface area contributed by atoms with Crippen molar-refractivity contribution >= 4 is 38.5 Å². The van der Waals surface area contributed by atoms with E-state index in [9.17, 15) is 0 Å². The fourth-order valence-electron chi connectivity index (χ4n) is 2.45. The van der Waals surface area contributed by atoms with Crippen LogP contribution in [0.2, 0.25) is 0 Å². The SMILES string of the molecule is CC1CCC(CI)(OCc2ccccc2Br)CC1. The second-order valence-electron chi connectivity index (χ2n) is 5.38. The lowest BCUT2D eigenvalue weighted by atomic mass is 9.80. The Morgan fingerprint density at radius 2 is 2.00 bits per heavy atom. The number of ether oxygens (including phenoxy) is 1. The van der Waals surface area contributed by atoms with Gasteiger partial charge in [0.15, 0.2) is 0 Å². The summed E-state index contributed by atoms with van der Waals surface area (Å²) in [5.41, 5.74) is 1.36. The molecule has 1 aliphatic carbocycles. The lowest BCUT2D eigenvalue weighted by molar-refractivity contribution is -0.0677. The molecule has 0 heterocycles. The number of hydrogen-bond acceptors (Lipinski definition) is 1. The molecule has 0 aromatic heterocycles. The Hall–Kier alpha value is 0.390. The van der Waals surface area contributed by atoms with Gasteiger partial charge in [0.05, 0.1) is 12.2 Å². The Bertz CT molecular complexity index is 386. The first-order valence-electron chi connectivity index (χ1n) is 6.58. The van der Waals surface area contributed by atoms with Crippen LogP contribution in [0.1, 0.15) is 38.2 Å². The highest BCUT2D eigenvalue weighted by Gasteiger charge is 2.34. The number of benzene rings is 1. The summed E-state index contributed by atoms with van der Waals surface area (Å²) in [6.07, 6.45) is 5.03. The highest BCUT2D eigenvalue weighted by molar-refractivity contribution is 14.1. The van der Waals surface area contributed by atoms with Crippen LogP contribution in [0.25, 0.3) is 0 Å². The molecule has 0 aliphatic heterocycles. The molecular formula is C15H20BrIO. The van der Waals surface area contributed by atoms with Crippen molar-refractivity contribution in [2.45, 2.75) is 44.8 Å². The molecule has 0 radical (unpaired) electrons. The molecule has 0 amide bonds. The quantitative estimate of drug-likeness (QED) is 0.469. The van der Waals surface area contributed by atoms with E-state index < -0.39 is 0 Å². The van der Waals surface area contributed by atoms with Crippen LogP contribution in [0, 0.1) is 5.92 Å². The first-order valence-corrected chi connectivity index (χ1v) is 8.90. The fourth-order valence-corrected chi connectivity index (χ4v) is 3.83. The van der Waals surface area contributed by atoms with Gasteiger partial charge in [0.25, 0.3) is 0 Å². The van der Waals surface area contributed by atoms with Crippen molar-refractivity contribution in [2.75, 3.05) is 4.43 Å². The zero-order valence-electron chi connectivity index (χ0n) is 10.8. The predicted octanol–water partition coefficient (Wildman–Crippen LogP) is 5.35. The summed E-state index contributed by atoms with van der Waals surface area (Å²) in [5, 5.41) is 0. The average molecular weight is 423 g/mol. The normalized spacial score (nSPS) is 28.3. The molecule has 2 rings (SSSR count). The Balaban J connectivity index is 1.97. The highest BCUT2D eigenvalue weighted by Crippen LogP contribution is 2.37. The summed E-state index contributed by atoms with van der Waals surface area (Å²) in [4.78, 5) is 0. The highest BCUT2D eigenvalue weighted by atomic mass is 127. The van der Waals surface area contributed by atoms with Gasteiger partial charge in [-0.25, -0.2) is 0 Å². The van der Waals surface area contributed by atoms with Gasteiger partial charge in [-0.2, -0.15) is 0 Å². The van der Waals surface area contributed by atoms with E-state index >= 15 is 0 Å². The second kappa shape index (κ2) is 6.71. The van der Waals surface area contributed by atoms with Crippen molar-refractivity contribution in [2.24, 2.45) is 5.92 Å². The molecule has 0 spiro atoms. The maximum atomic E-state index is 6.30. The fraction of sp³-hybridized carbons (Fsp3) is 0.600. The van der Waals surface area contributed by atoms with E-state index in [1.54, 1.807) is 0 Å². The second-order valence-corrected chi connectivity index (χ2v) is 7.00. The molecule has 1 saturated carbocycles. The van der Waals surface area contributed by atoms with Gasteiger partial charge >= 0.3 is 0 Å². The van der Waals surface area contributed by atoms with Crippen molar-refractivity contribution in [1.29, 1.82) is 0 Å². The topological polar surface area (TPSA) is 9.23 Å². The van der Waals surface area contributed by atoms with Crippen LogP contribution in [0.5, 0.6) is 0 Å². The molecule has 1 aliphatic rings. The zero-order valence-corrected chi connectivity index (χ0v) is 14.5. The molecule has 1 aromatic rings. The van der Waals surface area contributed by atoms with Crippen LogP contribution < -0.4 is 0 Å². The van der Waals surface area contributed by atoms with Crippen LogP contribution in [0.3, 0.4) is 0 Å². The van der Waals surface area contributed by atoms with E-state index in [1.165, 1.54) is 31.2 Å². The number of halogens is 2. The molecule has 0 atom stereocenters. The molecule has 1 nitrogen and oxygen atoms in total. The molecule has 100 valence electrons. The van der Waals surface area contributed by atoms with E-state index in [0.29, 0.717) is 0 Å². The monoisotopic (exact) mass is 422 g/mol. The molecule has 0 saturated heterocycles. The smallest absolute Gasteiger partial charge is 0.0776 e. The molecule has 0 unspecified atom stereocenters. The van der Waals surface area contributed by atoms with Gasteiger partial charge < -0.3 is 4.74 Å². The summed E-state index contributed by atoms with van der Waals surface area (Å²) in [7, 11) is 0. The number of alkyl halides is 1. The largest absolute Gasteiger partial charge is 0.369 e. The van der Waals surface area contributed by atoms with Crippen LogP contribution in [0.15, 0.2) is 28.7 Å². The van der Waals surface area contributed by atoms with Crippen LogP contribution in [-0.2, 0) is 11.3 Å². The standard InChI is InChI=1S/C15H20BrIO/c1-12-6-8-15(11-17,9-7-12)18-10-13-4-2-3-5-14(13)16/h2-5,12H,6-11H2,1H3. The van der Waals surface area contributed by atoms with Gasteiger partial charge in [-0.3, -0.25) is 0 Å². The summed E-state index contributed by atoms with van der Waals surface area (Å²) in [5.74, 6) is 0.869. The summed E-state index contributed by atoms with van der Waals surface area (Å²) < 4.78 is 8.55. The Morgan fingerprint density at radius 1 is 1.33 bits per heavy atom. The first-order chi connectivity index (χ1) is 8.65. The maximum absolute atomic E-state index is 6.30. The lowest BCUT2D eigenvalue weighted by Crippen LogP contribution is -2.38. The zero-order chi connectivity index (χ0) is 13.0. The summed E-state index contributed by atoms with van der Waals surface area (Å²) >= 11 is 6.07. The van der Waals surface area contributed by atoms with E-state index in [0.717, 1.165) is 21.4 Å². The van der Waals surface area contributed by atoms with Crippen molar-refractivity contribution < 1.29 is 4.74 Å². The predicted molar refractivity (Wildman–Crippen MR) is 88.2 cm³/mol. The van der Waals surface area contributed by atoms with Gasteiger partial charge in [-0.15, -0.1) is 0 Å². The minimum Gasteiger partial charge on any atom is -0.369 e. The minimum atomic E-state index is 0.113. The van der Waals surface area contributed by atoms with Crippen LogP contribution >= 0.6 is 38.5 Å². The third-order valence-electron chi connectivity index (χ3n) is 3.92. The number of rotatable bonds is 4. The van der Waals surface area contributed by atoms with Crippen LogP contribution in [0.4, 0.5) is 0 Å². The van der Waals surface area contributed by atoms with Gasteiger partial charge in [-0.1, -0.05) is 63.6 Å². The van der Waals surface area contributed by atoms with Gasteiger partial charge in [0.2, 0.25) is 0 Å². The molecule has 1 aromatic carbocycles. The van der Waals surface area contributed by atoms with Gasteiger partial charge in [0.1, 0.15) is 0 Å². The lowest BCUT2D eigenvalue weighted by Gasteiger charge is -2.38. The van der Waals surface area contributed by atoms with Crippen molar-refractivity contribution in [3.63, 3.8) is 0 Å². The van der Waals surface area contributed by atoms with E-state index in [1.807, 2.05) is 6.07 Å². The van der Waals surface area contributed by atoms with E-state index in [-0.39, 0.29) is 5.60 Å². The molecular weight excluding hydrogens is 403 g/mol. The molecule has 0 bridgehead atoms. The van der Waals surface area contributed by atoms with Crippen molar-refractivity contribution in [1.82, 2.24) is 0 Å². The van der Waals surface area contributed by atoms with Gasteiger partial charge in [0, 0.05) is 8.90 Å². The molecule has 0 N–H and O–H groups in total.